The Kier molecular flexibility index (Phi) is 6.16. The van der Waals surface area contributed by atoms with Crippen molar-refractivity contribution in [2.75, 3.05) is 6.54 Å². The maximum Gasteiger partial charge on any atom is 0.280 e. The molecule has 1 saturated carbocycles. The Bertz CT molecular complexity index is 1240. The van der Waals surface area contributed by atoms with Crippen LogP contribution in [0.5, 0.6) is 0 Å². The first-order valence-electron chi connectivity index (χ1n) is 11.8. The molecule has 0 unspecified atom stereocenters. The number of nitrogens with one attached hydrogen (secondary N) is 3. The van der Waals surface area contributed by atoms with E-state index in [9.17, 15) is 9.59 Å². The van der Waals surface area contributed by atoms with Crippen molar-refractivity contribution in [2.45, 2.75) is 70.6 Å². The molecule has 3 aromatic rings. The number of H-pyrrole nitrogens is 1. The highest BCUT2D eigenvalue weighted by Crippen LogP contribution is 2.30. The first-order valence-corrected chi connectivity index (χ1v) is 13.0. The van der Waals surface area contributed by atoms with Crippen LogP contribution in [-0.4, -0.2) is 50.8 Å². The van der Waals surface area contributed by atoms with Gasteiger partial charge in [-0.2, -0.15) is 0 Å². The van der Waals surface area contributed by atoms with Gasteiger partial charge in [-0.15, -0.1) is 11.3 Å². The third kappa shape index (κ3) is 4.72. The van der Waals surface area contributed by atoms with Crippen molar-refractivity contribution in [3.05, 3.63) is 50.6 Å². The topological polar surface area (TPSA) is 90.1 Å². The van der Waals surface area contributed by atoms with E-state index < -0.39 is 0 Å². The molecule has 3 N–H and O–H groups in total. The van der Waals surface area contributed by atoms with Gasteiger partial charge in [0.2, 0.25) is 0 Å². The molecule has 7 nitrogen and oxygen atoms in total. The average molecular weight is 500 g/mol. The second kappa shape index (κ2) is 8.98. The number of carbonyl (C=O) groups is 2. The Balaban J connectivity index is 1.23. The zero-order valence-corrected chi connectivity index (χ0v) is 21.3. The molecule has 1 aliphatic heterocycles. The summed E-state index contributed by atoms with van der Waals surface area (Å²) in [4.78, 5) is 37.3. The minimum absolute atomic E-state index is 0.0939. The molecule has 3 heterocycles. The first kappa shape index (κ1) is 23.3. The van der Waals surface area contributed by atoms with Gasteiger partial charge in [0.25, 0.3) is 11.8 Å². The van der Waals surface area contributed by atoms with Crippen LogP contribution in [0.2, 0.25) is 5.02 Å². The first-order chi connectivity index (χ1) is 16.2. The summed E-state index contributed by atoms with van der Waals surface area (Å²) in [7, 11) is 0. The number of hydrogen-bond acceptors (Lipinski definition) is 5. The molecule has 5 rings (SSSR count). The van der Waals surface area contributed by atoms with Crippen LogP contribution in [0.25, 0.3) is 10.9 Å². The third-order valence-corrected chi connectivity index (χ3v) is 8.17. The number of carbonyl (C=O) groups excluding carboxylic acids is 2. The fourth-order valence-corrected chi connectivity index (χ4v) is 6.08. The Labute approximate surface area is 208 Å². The Morgan fingerprint density at radius 1 is 1.15 bits per heavy atom. The summed E-state index contributed by atoms with van der Waals surface area (Å²) in [6.45, 7) is 8.43. The molecule has 9 heteroatoms. The highest BCUT2D eigenvalue weighted by atomic mass is 35.5. The van der Waals surface area contributed by atoms with E-state index in [0.717, 1.165) is 55.4 Å². The normalized spacial score (nSPS) is 20.9. The lowest BCUT2D eigenvalue weighted by molar-refractivity contribution is 0.0889. The van der Waals surface area contributed by atoms with E-state index in [2.05, 4.69) is 46.3 Å². The summed E-state index contributed by atoms with van der Waals surface area (Å²) in [5.74, 6) is -0.321. The van der Waals surface area contributed by atoms with Gasteiger partial charge in [0.05, 0.1) is 5.69 Å². The van der Waals surface area contributed by atoms with E-state index in [0.29, 0.717) is 15.7 Å². The predicted molar refractivity (Wildman–Crippen MR) is 136 cm³/mol. The standard InChI is InChI=1S/C25H30ClN5O2S/c1-25(2,3)31-10-9-19-21(13-31)34-24(30-19)23(33)29-18-6-4-5-17(18)28-22(32)20-12-14-11-15(26)7-8-16(14)27-20/h7-8,11-12,17-18,27H,4-6,9-10,13H2,1-3H3,(H,28,32)(H,29,33)/t17-,18-/m1/s1. The van der Waals surface area contributed by atoms with Crippen molar-refractivity contribution in [1.29, 1.82) is 0 Å². The number of benzene rings is 1. The second-order valence-corrected chi connectivity index (χ2v) is 11.8. The van der Waals surface area contributed by atoms with E-state index in [1.165, 1.54) is 16.2 Å². The number of hydrogen-bond donors (Lipinski definition) is 3. The van der Waals surface area contributed by atoms with Crippen LogP contribution in [0.4, 0.5) is 0 Å². The molecule has 0 saturated heterocycles. The van der Waals surface area contributed by atoms with E-state index in [1.54, 1.807) is 12.1 Å². The van der Waals surface area contributed by atoms with Crippen LogP contribution in [0.15, 0.2) is 24.3 Å². The van der Waals surface area contributed by atoms with Crippen molar-refractivity contribution < 1.29 is 9.59 Å². The van der Waals surface area contributed by atoms with E-state index in [-0.39, 0.29) is 29.4 Å². The number of fused-ring (bicyclic) bond motifs is 2. The van der Waals surface area contributed by atoms with E-state index in [1.807, 2.05) is 12.1 Å². The molecule has 1 aromatic carbocycles. The summed E-state index contributed by atoms with van der Waals surface area (Å²) >= 11 is 7.56. The zero-order valence-electron chi connectivity index (χ0n) is 19.7. The Hall–Kier alpha value is -2.42. The summed E-state index contributed by atoms with van der Waals surface area (Å²) in [6, 6.07) is 7.07. The van der Waals surface area contributed by atoms with Gasteiger partial charge in [0.15, 0.2) is 5.01 Å². The number of thiazole rings is 1. The molecule has 34 heavy (non-hydrogen) atoms. The Morgan fingerprint density at radius 3 is 2.62 bits per heavy atom. The average Bonchev–Trinajstić information content (AvgIpc) is 3.50. The maximum atomic E-state index is 13.0. The van der Waals surface area contributed by atoms with Gasteiger partial charge in [-0.3, -0.25) is 14.5 Å². The molecule has 2 aliphatic rings. The fourth-order valence-electron chi connectivity index (χ4n) is 4.87. The monoisotopic (exact) mass is 499 g/mol. The van der Waals surface area contributed by atoms with Crippen LogP contribution in [-0.2, 0) is 13.0 Å². The van der Waals surface area contributed by atoms with Gasteiger partial charge < -0.3 is 15.6 Å². The number of rotatable bonds is 4. The smallest absolute Gasteiger partial charge is 0.280 e. The minimum atomic E-state index is -0.176. The van der Waals surface area contributed by atoms with Crippen LogP contribution >= 0.6 is 22.9 Å². The highest BCUT2D eigenvalue weighted by Gasteiger charge is 2.33. The summed E-state index contributed by atoms with van der Waals surface area (Å²) < 4.78 is 0. The predicted octanol–water partition coefficient (Wildman–Crippen LogP) is 4.52. The van der Waals surface area contributed by atoms with Crippen LogP contribution < -0.4 is 10.6 Å². The van der Waals surface area contributed by atoms with Crippen molar-refractivity contribution in [1.82, 2.24) is 25.5 Å². The van der Waals surface area contributed by atoms with Crippen molar-refractivity contribution in [2.24, 2.45) is 0 Å². The quantitative estimate of drug-likeness (QED) is 0.492. The number of amides is 2. The van der Waals surface area contributed by atoms with Crippen molar-refractivity contribution >= 4 is 45.7 Å². The fraction of sp³-hybridized carbons (Fsp3) is 0.480. The molecule has 1 aliphatic carbocycles. The number of aromatic amines is 1. The number of aromatic nitrogens is 2. The van der Waals surface area contributed by atoms with E-state index >= 15 is 0 Å². The molecule has 0 spiro atoms. The second-order valence-electron chi connectivity index (χ2n) is 10.2. The minimum Gasteiger partial charge on any atom is -0.351 e. The molecule has 2 aromatic heterocycles. The van der Waals surface area contributed by atoms with Crippen LogP contribution in [0.3, 0.4) is 0 Å². The summed E-state index contributed by atoms with van der Waals surface area (Å²) in [5.41, 5.74) is 2.50. The van der Waals surface area contributed by atoms with Gasteiger partial charge in [0, 0.05) is 57.9 Å². The van der Waals surface area contributed by atoms with Crippen molar-refractivity contribution in [3.63, 3.8) is 0 Å². The van der Waals surface area contributed by atoms with Crippen LogP contribution in [0, 0.1) is 0 Å². The number of nitrogens with zero attached hydrogens (tertiary/aromatic N) is 2. The molecule has 0 radical (unpaired) electrons. The third-order valence-electron chi connectivity index (χ3n) is 6.85. The highest BCUT2D eigenvalue weighted by molar-refractivity contribution is 7.13. The van der Waals surface area contributed by atoms with Crippen LogP contribution in [0.1, 0.15) is 70.9 Å². The molecule has 0 bridgehead atoms. The lowest BCUT2D eigenvalue weighted by atomic mass is 10.0. The summed E-state index contributed by atoms with van der Waals surface area (Å²) in [6.07, 6.45) is 3.49. The largest absolute Gasteiger partial charge is 0.351 e. The molecule has 180 valence electrons. The van der Waals surface area contributed by atoms with Gasteiger partial charge in [0.1, 0.15) is 5.69 Å². The lowest BCUT2D eigenvalue weighted by Crippen LogP contribution is -2.48. The molecular weight excluding hydrogens is 470 g/mol. The Morgan fingerprint density at radius 2 is 1.88 bits per heavy atom. The number of halogens is 1. The van der Waals surface area contributed by atoms with Gasteiger partial charge in [-0.25, -0.2) is 4.98 Å². The lowest BCUT2D eigenvalue weighted by Gasteiger charge is -2.37. The van der Waals surface area contributed by atoms with Gasteiger partial charge in [-0.1, -0.05) is 11.6 Å². The van der Waals surface area contributed by atoms with Gasteiger partial charge in [-0.05, 0) is 64.3 Å². The van der Waals surface area contributed by atoms with Gasteiger partial charge >= 0.3 is 0 Å². The SMILES string of the molecule is CC(C)(C)N1CCc2nc(C(=O)N[C@@H]3CCC[C@H]3NC(=O)c3cc4cc(Cl)ccc4[nH]3)sc2C1. The van der Waals surface area contributed by atoms with Crippen molar-refractivity contribution in [3.8, 4) is 0 Å². The summed E-state index contributed by atoms with van der Waals surface area (Å²) in [5, 5.41) is 8.29. The van der Waals surface area contributed by atoms with E-state index in [4.69, 9.17) is 11.6 Å². The molecular formula is C25H30ClN5O2S. The molecule has 2 atom stereocenters. The molecule has 1 fully saturated rings. The zero-order chi connectivity index (χ0) is 24.0. The maximum absolute atomic E-state index is 13.0. The molecule has 2 amide bonds.